The molecule has 1 aliphatic heterocycles. The normalized spacial score (nSPS) is 18.9. The third kappa shape index (κ3) is 4.79. The highest BCUT2D eigenvalue weighted by atomic mass is 35.5. The van der Waals surface area contributed by atoms with Crippen LogP contribution in [0.3, 0.4) is 0 Å². The summed E-state index contributed by atoms with van der Waals surface area (Å²) in [4.78, 5) is 20.5. The topological polar surface area (TPSA) is 41.9 Å². The van der Waals surface area contributed by atoms with E-state index in [1.807, 2.05) is 6.07 Å². The molecule has 1 saturated carbocycles. The lowest BCUT2D eigenvalue weighted by atomic mass is 10.0. The van der Waals surface area contributed by atoms with E-state index in [0.29, 0.717) is 28.6 Å². The largest absolute Gasteiger partial charge is 0.390 e. The van der Waals surface area contributed by atoms with Crippen molar-refractivity contribution in [2.45, 2.75) is 44.8 Å². The van der Waals surface area contributed by atoms with Crippen LogP contribution in [-0.4, -0.2) is 29.2 Å². The van der Waals surface area contributed by atoms with E-state index in [2.05, 4.69) is 5.16 Å². The van der Waals surface area contributed by atoms with Crippen molar-refractivity contribution in [3.63, 3.8) is 0 Å². The maximum Gasteiger partial charge on any atom is 0.226 e. The first-order chi connectivity index (χ1) is 14.5. The summed E-state index contributed by atoms with van der Waals surface area (Å²) in [5.74, 6) is -0.224. The minimum absolute atomic E-state index is 0.00800. The predicted molar refractivity (Wildman–Crippen MR) is 116 cm³/mol. The lowest BCUT2D eigenvalue weighted by Gasteiger charge is -2.27. The van der Waals surface area contributed by atoms with Crippen LogP contribution in [0.5, 0.6) is 0 Å². The number of carbonyl (C=O) groups is 1. The Bertz CT molecular complexity index is 960. The number of nitrogens with zero attached hydrogens (tertiary/aromatic N) is 2. The molecule has 2 aromatic carbocycles. The summed E-state index contributed by atoms with van der Waals surface area (Å²) < 4.78 is 14.2. The molecule has 0 unspecified atom stereocenters. The fourth-order valence-corrected chi connectivity index (χ4v) is 4.41. The predicted octanol–water partition coefficient (Wildman–Crippen LogP) is 5.84. The third-order valence-corrected chi connectivity index (χ3v) is 6.48. The Labute approximate surface area is 185 Å². The second-order valence-electron chi connectivity index (χ2n) is 7.89. The molecule has 1 fully saturated rings. The third-order valence-electron chi connectivity index (χ3n) is 5.74. The number of amides is 1. The molecule has 4 rings (SSSR count). The van der Waals surface area contributed by atoms with Gasteiger partial charge in [0.15, 0.2) is 6.10 Å². The van der Waals surface area contributed by atoms with Gasteiger partial charge in [0, 0.05) is 30.0 Å². The number of hydrogen-bond acceptors (Lipinski definition) is 3. The van der Waals surface area contributed by atoms with E-state index in [4.69, 9.17) is 28.0 Å². The monoisotopic (exact) mass is 448 g/mol. The molecule has 1 amide bonds. The summed E-state index contributed by atoms with van der Waals surface area (Å²) in [5.41, 5.74) is 2.11. The SMILES string of the molecule is O=C(C1CCCC1)N(Cc1ccccc1F)C[C@@H]1CC(c2ccc(Cl)c(Cl)c2)=NO1. The number of halogens is 3. The molecule has 0 N–H and O–H groups in total. The molecule has 2 aliphatic rings. The Morgan fingerprint density at radius 1 is 1.13 bits per heavy atom. The fourth-order valence-electron chi connectivity index (χ4n) is 4.11. The highest BCUT2D eigenvalue weighted by molar-refractivity contribution is 6.42. The maximum absolute atomic E-state index is 14.2. The molecule has 0 spiro atoms. The number of benzene rings is 2. The molecule has 0 radical (unpaired) electrons. The Morgan fingerprint density at radius 3 is 2.63 bits per heavy atom. The van der Waals surface area contributed by atoms with Crippen LogP contribution in [0.25, 0.3) is 0 Å². The summed E-state index contributed by atoms with van der Waals surface area (Å²) in [6, 6.07) is 11.9. The van der Waals surface area contributed by atoms with Crippen LogP contribution < -0.4 is 0 Å². The quantitative estimate of drug-likeness (QED) is 0.556. The second-order valence-corrected chi connectivity index (χ2v) is 8.70. The molecule has 1 aliphatic carbocycles. The molecule has 2 aromatic rings. The van der Waals surface area contributed by atoms with Crippen molar-refractivity contribution in [2.75, 3.05) is 6.54 Å². The first-order valence-corrected chi connectivity index (χ1v) is 11.0. The van der Waals surface area contributed by atoms with Gasteiger partial charge in [-0.1, -0.05) is 65.5 Å². The zero-order valence-corrected chi connectivity index (χ0v) is 18.0. The molecule has 30 heavy (non-hydrogen) atoms. The van der Waals surface area contributed by atoms with Crippen molar-refractivity contribution in [2.24, 2.45) is 11.1 Å². The zero-order chi connectivity index (χ0) is 21.1. The van der Waals surface area contributed by atoms with E-state index in [1.54, 1.807) is 35.2 Å². The second kappa shape index (κ2) is 9.36. The van der Waals surface area contributed by atoms with Crippen molar-refractivity contribution in [1.29, 1.82) is 0 Å². The average molecular weight is 449 g/mol. The van der Waals surface area contributed by atoms with Gasteiger partial charge in [-0.15, -0.1) is 0 Å². The molecule has 1 heterocycles. The van der Waals surface area contributed by atoms with Gasteiger partial charge in [0.2, 0.25) is 5.91 Å². The maximum atomic E-state index is 14.2. The molecule has 0 aromatic heterocycles. The number of carbonyl (C=O) groups excluding carboxylic acids is 1. The van der Waals surface area contributed by atoms with Crippen LogP contribution in [0.4, 0.5) is 4.39 Å². The summed E-state index contributed by atoms with van der Waals surface area (Å²) >= 11 is 12.1. The van der Waals surface area contributed by atoms with Gasteiger partial charge in [-0.05, 0) is 31.0 Å². The van der Waals surface area contributed by atoms with Gasteiger partial charge in [-0.2, -0.15) is 0 Å². The Hall–Kier alpha value is -2.11. The van der Waals surface area contributed by atoms with E-state index >= 15 is 0 Å². The van der Waals surface area contributed by atoms with Crippen molar-refractivity contribution in [3.8, 4) is 0 Å². The van der Waals surface area contributed by atoms with Crippen LogP contribution >= 0.6 is 23.2 Å². The van der Waals surface area contributed by atoms with E-state index in [-0.39, 0.29) is 30.3 Å². The Morgan fingerprint density at radius 2 is 1.90 bits per heavy atom. The van der Waals surface area contributed by atoms with E-state index in [1.165, 1.54) is 6.07 Å². The molecule has 1 atom stereocenters. The van der Waals surface area contributed by atoms with Crippen molar-refractivity contribution in [3.05, 3.63) is 69.5 Å². The number of oxime groups is 1. The standard InChI is InChI=1S/C23H23Cl2FN2O2/c24-19-10-9-16(11-20(19)25)22-12-18(30-27-22)14-28(23(29)15-5-1-2-6-15)13-17-7-3-4-8-21(17)26/h3-4,7-11,15,18H,1-2,5-6,12-14H2/t18-/m0/s1. The van der Waals surface area contributed by atoms with Gasteiger partial charge in [-0.25, -0.2) is 4.39 Å². The van der Waals surface area contributed by atoms with Crippen LogP contribution in [0.15, 0.2) is 47.6 Å². The minimum Gasteiger partial charge on any atom is -0.390 e. The van der Waals surface area contributed by atoms with E-state index in [9.17, 15) is 9.18 Å². The highest BCUT2D eigenvalue weighted by Crippen LogP contribution is 2.29. The minimum atomic E-state index is -0.304. The van der Waals surface area contributed by atoms with Gasteiger partial charge >= 0.3 is 0 Å². The zero-order valence-electron chi connectivity index (χ0n) is 16.5. The van der Waals surface area contributed by atoms with E-state index < -0.39 is 0 Å². The lowest BCUT2D eigenvalue weighted by molar-refractivity contribution is -0.137. The van der Waals surface area contributed by atoms with Gasteiger partial charge in [0.1, 0.15) is 5.82 Å². The first kappa shape index (κ1) is 21.1. The van der Waals surface area contributed by atoms with Crippen molar-refractivity contribution in [1.82, 2.24) is 4.90 Å². The average Bonchev–Trinajstić information content (AvgIpc) is 3.43. The van der Waals surface area contributed by atoms with Crippen LogP contribution in [0.2, 0.25) is 10.0 Å². The molecule has 158 valence electrons. The first-order valence-electron chi connectivity index (χ1n) is 10.2. The van der Waals surface area contributed by atoms with Crippen LogP contribution in [0.1, 0.15) is 43.2 Å². The fraction of sp³-hybridized carbons (Fsp3) is 0.391. The van der Waals surface area contributed by atoms with Gasteiger partial charge in [0.25, 0.3) is 0 Å². The summed E-state index contributed by atoms with van der Waals surface area (Å²) in [6.07, 6.45) is 4.17. The Kier molecular flexibility index (Phi) is 6.59. The molecule has 7 heteroatoms. The number of rotatable bonds is 6. The smallest absolute Gasteiger partial charge is 0.226 e. The van der Waals surface area contributed by atoms with E-state index in [0.717, 1.165) is 37.0 Å². The summed E-state index contributed by atoms with van der Waals surface area (Å²) in [7, 11) is 0. The molecular formula is C23H23Cl2FN2O2. The lowest BCUT2D eigenvalue weighted by Crippen LogP contribution is -2.40. The molecule has 0 saturated heterocycles. The molecule has 4 nitrogen and oxygen atoms in total. The van der Waals surface area contributed by atoms with Crippen molar-refractivity contribution < 1.29 is 14.0 Å². The van der Waals surface area contributed by atoms with Crippen LogP contribution in [-0.2, 0) is 16.2 Å². The summed E-state index contributed by atoms with van der Waals surface area (Å²) in [5, 5.41) is 5.13. The van der Waals surface area contributed by atoms with Crippen LogP contribution in [0, 0.1) is 11.7 Å². The highest BCUT2D eigenvalue weighted by Gasteiger charge is 2.32. The van der Waals surface area contributed by atoms with Gasteiger partial charge < -0.3 is 9.74 Å². The van der Waals surface area contributed by atoms with Gasteiger partial charge in [0.05, 0.1) is 22.3 Å². The molecular weight excluding hydrogens is 426 g/mol. The molecule has 0 bridgehead atoms. The van der Waals surface area contributed by atoms with Crippen molar-refractivity contribution >= 4 is 34.8 Å². The summed E-state index contributed by atoms with van der Waals surface area (Å²) in [6.45, 7) is 0.585. The Balaban J connectivity index is 1.47. The van der Waals surface area contributed by atoms with Gasteiger partial charge in [-0.3, -0.25) is 4.79 Å². The number of hydrogen-bond donors (Lipinski definition) is 0.